The zero-order valence-electron chi connectivity index (χ0n) is 14.3. The Labute approximate surface area is 140 Å². The molecule has 1 N–H and O–H groups in total. The number of urea groups is 1. The van der Waals surface area contributed by atoms with E-state index in [1.165, 1.54) is 17.9 Å². The van der Waals surface area contributed by atoms with Crippen LogP contribution in [0.5, 0.6) is 0 Å². The van der Waals surface area contributed by atoms with Crippen molar-refractivity contribution < 1.29 is 18.9 Å². The molecule has 0 radical (unpaired) electrons. The molecule has 1 saturated heterocycles. The van der Waals surface area contributed by atoms with Crippen molar-refractivity contribution in [3.63, 3.8) is 0 Å². The summed E-state index contributed by atoms with van der Waals surface area (Å²) in [4.78, 5) is 37.9. The van der Waals surface area contributed by atoms with Gasteiger partial charge in [-0.1, -0.05) is 19.0 Å². The maximum absolute atomic E-state index is 13.0. The summed E-state index contributed by atoms with van der Waals surface area (Å²) in [6, 6.07) is 1.09. The first-order valence-electron chi connectivity index (χ1n) is 8.44. The van der Waals surface area contributed by atoms with Gasteiger partial charge in [-0.3, -0.25) is 14.5 Å². The zero-order chi connectivity index (χ0) is 17.5. The molecule has 3 rings (SSSR count). The number of rotatable bonds is 7. The third-order valence-corrected chi connectivity index (χ3v) is 4.83. The Bertz CT molecular complexity index is 677. The third kappa shape index (κ3) is 2.95. The van der Waals surface area contributed by atoms with Gasteiger partial charge in [0.1, 0.15) is 11.2 Å². The number of amides is 3. The molecule has 2 fully saturated rings. The van der Waals surface area contributed by atoms with Crippen molar-refractivity contribution >= 4 is 17.7 Å². The molecule has 3 amide bonds. The molecule has 1 saturated carbocycles. The molecule has 0 bridgehead atoms. The standard InChI is InChI=1S/C17H23N3O4/c1-10(2)6-7-17(12-4-5-12)15(22)20(16(23)18-17)9-13-8-14(11(3)21)19-24-13/h8,10,12H,4-7,9H2,1-3H3,(H,18,23)/t17-/m0/s1. The topological polar surface area (TPSA) is 92.5 Å². The SMILES string of the molecule is CC(=O)c1cc(CN2C(=O)N[C@@](CCC(C)C)(C3CC3)C2=O)on1. The van der Waals surface area contributed by atoms with Crippen LogP contribution in [0.25, 0.3) is 0 Å². The van der Waals surface area contributed by atoms with Crippen molar-refractivity contribution in [2.45, 2.75) is 58.5 Å². The second-order valence-corrected chi connectivity index (χ2v) is 7.23. The third-order valence-electron chi connectivity index (χ3n) is 4.83. The van der Waals surface area contributed by atoms with Crippen LogP contribution in [0.1, 0.15) is 62.7 Å². The fraction of sp³-hybridized carbons (Fsp3) is 0.647. The monoisotopic (exact) mass is 333 g/mol. The van der Waals surface area contributed by atoms with Gasteiger partial charge < -0.3 is 9.84 Å². The smallest absolute Gasteiger partial charge is 0.325 e. The summed E-state index contributed by atoms with van der Waals surface area (Å²) >= 11 is 0. The lowest BCUT2D eigenvalue weighted by Gasteiger charge is -2.27. The predicted octanol–water partition coefficient (Wildman–Crippen LogP) is 2.51. The fourth-order valence-corrected chi connectivity index (χ4v) is 3.24. The maximum atomic E-state index is 13.0. The van der Waals surface area contributed by atoms with Gasteiger partial charge in [0.15, 0.2) is 11.5 Å². The normalized spacial score (nSPS) is 23.9. The number of carbonyl (C=O) groups excluding carboxylic acids is 3. The van der Waals surface area contributed by atoms with Gasteiger partial charge in [0, 0.05) is 13.0 Å². The van der Waals surface area contributed by atoms with Gasteiger partial charge in [0.25, 0.3) is 5.91 Å². The lowest BCUT2D eigenvalue weighted by Crippen LogP contribution is -2.49. The second-order valence-electron chi connectivity index (χ2n) is 7.23. The fourth-order valence-electron chi connectivity index (χ4n) is 3.24. The van der Waals surface area contributed by atoms with Crippen LogP contribution in [0.2, 0.25) is 0 Å². The van der Waals surface area contributed by atoms with Gasteiger partial charge in [-0.15, -0.1) is 0 Å². The van der Waals surface area contributed by atoms with Gasteiger partial charge in [0.05, 0.1) is 6.54 Å². The van der Waals surface area contributed by atoms with Crippen molar-refractivity contribution in [1.82, 2.24) is 15.4 Å². The number of hydrogen-bond donors (Lipinski definition) is 1. The summed E-state index contributed by atoms with van der Waals surface area (Å²) in [5.74, 6) is 0.619. The average molecular weight is 333 g/mol. The highest BCUT2D eigenvalue weighted by Crippen LogP contribution is 2.46. The lowest BCUT2D eigenvalue weighted by molar-refractivity contribution is -0.133. The summed E-state index contributed by atoms with van der Waals surface area (Å²) in [7, 11) is 0. The van der Waals surface area contributed by atoms with E-state index in [0.29, 0.717) is 18.1 Å². The molecule has 2 aliphatic rings. The number of aromatic nitrogens is 1. The number of imide groups is 1. The van der Waals surface area contributed by atoms with E-state index >= 15 is 0 Å². The quantitative estimate of drug-likeness (QED) is 0.611. The molecular formula is C17H23N3O4. The van der Waals surface area contributed by atoms with Crippen LogP contribution in [0.3, 0.4) is 0 Å². The van der Waals surface area contributed by atoms with E-state index in [1.54, 1.807) is 0 Å². The molecule has 1 aliphatic carbocycles. The highest BCUT2D eigenvalue weighted by molar-refractivity contribution is 6.07. The number of carbonyl (C=O) groups is 3. The first-order chi connectivity index (χ1) is 11.3. The van der Waals surface area contributed by atoms with Crippen molar-refractivity contribution in [3.8, 4) is 0 Å². The van der Waals surface area contributed by atoms with Crippen molar-refractivity contribution in [2.24, 2.45) is 11.8 Å². The van der Waals surface area contributed by atoms with Crippen LogP contribution < -0.4 is 5.32 Å². The predicted molar refractivity (Wildman–Crippen MR) is 85.1 cm³/mol. The zero-order valence-corrected chi connectivity index (χ0v) is 14.3. The molecule has 1 aliphatic heterocycles. The van der Waals surface area contributed by atoms with Crippen LogP contribution in [0.15, 0.2) is 10.6 Å². The van der Waals surface area contributed by atoms with E-state index in [2.05, 4.69) is 24.3 Å². The first-order valence-corrected chi connectivity index (χ1v) is 8.44. The number of ketones is 1. The van der Waals surface area contributed by atoms with Crippen LogP contribution >= 0.6 is 0 Å². The van der Waals surface area contributed by atoms with Gasteiger partial charge in [-0.25, -0.2) is 4.79 Å². The van der Waals surface area contributed by atoms with E-state index in [1.807, 2.05) is 0 Å². The number of nitrogens with zero attached hydrogens (tertiary/aromatic N) is 2. The van der Waals surface area contributed by atoms with E-state index in [9.17, 15) is 14.4 Å². The Balaban J connectivity index is 1.78. The number of nitrogens with one attached hydrogen (secondary N) is 1. The molecule has 130 valence electrons. The Morgan fingerprint density at radius 2 is 2.17 bits per heavy atom. The minimum atomic E-state index is -0.773. The molecule has 0 aromatic carbocycles. The first kappa shape index (κ1) is 16.7. The largest absolute Gasteiger partial charge is 0.359 e. The Morgan fingerprint density at radius 1 is 1.46 bits per heavy atom. The van der Waals surface area contributed by atoms with Crippen molar-refractivity contribution in [2.75, 3.05) is 0 Å². The van der Waals surface area contributed by atoms with Crippen LogP contribution in [0.4, 0.5) is 4.79 Å². The minimum absolute atomic E-state index is 0.00109. The summed E-state index contributed by atoms with van der Waals surface area (Å²) in [6.45, 7) is 5.61. The van der Waals surface area contributed by atoms with E-state index in [4.69, 9.17) is 4.52 Å². The molecule has 7 nitrogen and oxygen atoms in total. The Hall–Kier alpha value is -2.18. The summed E-state index contributed by atoms with van der Waals surface area (Å²) in [5.41, 5.74) is -0.574. The highest BCUT2D eigenvalue weighted by Gasteiger charge is 2.58. The molecule has 1 atom stereocenters. The second kappa shape index (κ2) is 6.03. The van der Waals surface area contributed by atoms with Gasteiger partial charge in [-0.05, 0) is 37.5 Å². The molecule has 0 spiro atoms. The van der Waals surface area contributed by atoms with Crippen LogP contribution in [-0.2, 0) is 11.3 Å². The van der Waals surface area contributed by atoms with Crippen LogP contribution in [-0.4, -0.2) is 33.3 Å². The molecule has 7 heteroatoms. The van der Waals surface area contributed by atoms with Gasteiger partial charge >= 0.3 is 6.03 Å². The summed E-state index contributed by atoms with van der Waals surface area (Å²) in [5, 5.41) is 6.60. The van der Waals surface area contributed by atoms with E-state index in [0.717, 1.165) is 19.3 Å². The summed E-state index contributed by atoms with van der Waals surface area (Å²) in [6.07, 6.45) is 3.47. The minimum Gasteiger partial charge on any atom is -0.359 e. The molecule has 1 aromatic heterocycles. The van der Waals surface area contributed by atoms with E-state index < -0.39 is 11.6 Å². The lowest BCUT2D eigenvalue weighted by atomic mass is 9.85. The Kier molecular flexibility index (Phi) is 4.19. The summed E-state index contributed by atoms with van der Waals surface area (Å²) < 4.78 is 5.08. The number of hydrogen-bond acceptors (Lipinski definition) is 5. The molecule has 1 aromatic rings. The van der Waals surface area contributed by atoms with Crippen LogP contribution in [0, 0.1) is 11.8 Å². The highest BCUT2D eigenvalue weighted by atomic mass is 16.5. The van der Waals surface area contributed by atoms with Gasteiger partial charge in [0.2, 0.25) is 0 Å². The Morgan fingerprint density at radius 3 is 2.71 bits per heavy atom. The number of Topliss-reactive ketones (excluding diaryl/α,β-unsaturated/α-hetero) is 1. The molecule has 24 heavy (non-hydrogen) atoms. The van der Waals surface area contributed by atoms with Crippen molar-refractivity contribution in [1.29, 1.82) is 0 Å². The average Bonchev–Trinajstić information content (AvgIpc) is 3.21. The molecule has 2 heterocycles. The maximum Gasteiger partial charge on any atom is 0.325 e. The molecule has 0 unspecified atom stereocenters. The van der Waals surface area contributed by atoms with Gasteiger partial charge in [-0.2, -0.15) is 0 Å². The van der Waals surface area contributed by atoms with E-state index in [-0.39, 0.29) is 29.8 Å². The van der Waals surface area contributed by atoms with Crippen molar-refractivity contribution in [3.05, 3.63) is 17.5 Å². The molecular weight excluding hydrogens is 310 g/mol.